The maximum Gasteiger partial charge on any atom is 0.227 e. The molecule has 0 aliphatic carbocycles. The Kier molecular flexibility index (Phi) is 4.67. The largest absolute Gasteiger partial charge is 0.378 e. The van der Waals surface area contributed by atoms with Gasteiger partial charge in [0.05, 0.1) is 18.2 Å². The SMILES string of the molecule is Cn1c(SCc2sc3ccccc3c2Cl)nnc1N1CCOCC1. The number of hydrogen-bond donors (Lipinski definition) is 0. The molecule has 1 aliphatic rings. The third kappa shape index (κ3) is 3.01. The highest BCUT2D eigenvalue weighted by molar-refractivity contribution is 7.98. The van der Waals surface area contributed by atoms with Crippen LogP contribution >= 0.6 is 34.7 Å². The van der Waals surface area contributed by atoms with E-state index in [0.717, 1.165) is 53.6 Å². The van der Waals surface area contributed by atoms with Crippen LogP contribution in [0.3, 0.4) is 0 Å². The number of rotatable bonds is 4. The van der Waals surface area contributed by atoms with Crippen molar-refractivity contribution in [2.45, 2.75) is 10.9 Å². The Hall–Kier alpha value is -1.28. The first-order valence-electron chi connectivity index (χ1n) is 7.75. The first kappa shape index (κ1) is 16.2. The van der Waals surface area contributed by atoms with Crippen LogP contribution in [0, 0.1) is 0 Å². The monoisotopic (exact) mass is 380 g/mol. The van der Waals surface area contributed by atoms with Crippen LogP contribution in [-0.4, -0.2) is 41.1 Å². The van der Waals surface area contributed by atoms with Crippen molar-refractivity contribution < 1.29 is 4.74 Å². The average Bonchev–Trinajstić information content (AvgIpc) is 3.14. The van der Waals surface area contributed by atoms with Crippen molar-refractivity contribution in [1.29, 1.82) is 0 Å². The second-order valence-corrected chi connectivity index (χ2v) is 8.02. The fourth-order valence-corrected chi connectivity index (χ4v) is 5.32. The molecule has 4 rings (SSSR count). The summed E-state index contributed by atoms with van der Waals surface area (Å²) < 4.78 is 8.68. The maximum atomic E-state index is 6.52. The molecule has 0 radical (unpaired) electrons. The lowest BCUT2D eigenvalue weighted by atomic mass is 10.2. The number of anilines is 1. The van der Waals surface area contributed by atoms with E-state index < -0.39 is 0 Å². The van der Waals surface area contributed by atoms with Gasteiger partial charge < -0.3 is 9.64 Å². The van der Waals surface area contributed by atoms with Crippen molar-refractivity contribution in [3.8, 4) is 0 Å². The quantitative estimate of drug-likeness (QED) is 0.644. The van der Waals surface area contributed by atoms with Gasteiger partial charge in [0.2, 0.25) is 5.95 Å². The molecule has 1 saturated heterocycles. The van der Waals surface area contributed by atoms with E-state index in [4.69, 9.17) is 16.3 Å². The number of ether oxygens (including phenoxy) is 1. The first-order valence-corrected chi connectivity index (χ1v) is 9.93. The summed E-state index contributed by atoms with van der Waals surface area (Å²) in [4.78, 5) is 3.39. The first-order chi connectivity index (χ1) is 11.7. The standard InChI is InChI=1S/C16H17ClN4OS2/c1-20-15(21-6-8-22-9-7-21)18-19-16(20)23-10-13-14(17)11-4-2-3-5-12(11)24-13/h2-5H,6-10H2,1H3. The van der Waals surface area contributed by atoms with Crippen molar-refractivity contribution in [3.63, 3.8) is 0 Å². The second-order valence-electron chi connectivity index (χ2n) is 5.57. The molecular formula is C16H17ClN4OS2. The smallest absolute Gasteiger partial charge is 0.227 e. The van der Waals surface area contributed by atoms with Gasteiger partial charge in [0.25, 0.3) is 0 Å². The van der Waals surface area contributed by atoms with Gasteiger partial charge in [0.15, 0.2) is 5.16 Å². The third-order valence-electron chi connectivity index (χ3n) is 4.04. The van der Waals surface area contributed by atoms with Crippen LogP contribution < -0.4 is 4.90 Å². The molecule has 0 N–H and O–H groups in total. The third-order valence-corrected chi connectivity index (χ3v) is 6.98. The molecule has 1 aromatic carbocycles. The lowest BCUT2D eigenvalue weighted by Crippen LogP contribution is -2.37. The summed E-state index contributed by atoms with van der Waals surface area (Å²) in [7, 11) is 2.01. The summed E-state index contributed by atoms with van der Waals surface area (Å²) in [5.74, 6) is 1.70. The number of thioether (sulfide) groups is 1. The van der Waals surface area contributed by atoms with Crippen molar-refractivity contribution in [3.05, 3.63) is 34.2 Å². The number of nitrogens with zero attached hydrogens (tertiary/aromatic N) is 4. The molecule has 0 bridgehead atoms. The maximum absolute atomic E-state index is 6.52. The zero-order valence-electron chi connectivity index (χ0n) is 13.2. The van der Waals surface area contributed by atoms with Crippen LogP contribution in [0.5, 0.6) is 0 Å². The number of aromatic nitrogens is 3. The minimum absolute atomic E-state index is 0.743. The molecular weight excluding hydrogens is 364 g/mol. The van der Waals surface area contributed by atoms with Crippen LogP contribution in [0.2, 0.25) is 5.02 Å². The van der Waals surface area contributed by atoms with Crippen LogP contribution in [-0.2, 0) is 17.5 Å². The van der Waals surface area contributed by atoms with Gasteiger partial charge in [-0.2, -0.15) is 0 Å². The molecule has 126 valence electrons. The highest BCUT2D eigenvalue weighted by atomic mass is 35.5. The number of halogens is 1. The fraction of sp³-hybridized carbons (Fsp3) is 0.375. The Bertz CT molecular complexity index is 857. The van der Waals surface area contributed by atoms with Gasteiger partial charge in [-0.05, 0) is 6.07 Å². The fourth-order valence-electron chi connectivity index (χ4n) is 2.76. The summed E-state index contributed by atoms with van der Waals surface area (Å²) in [5.41, 5.74) is 0. The molecule has 0 saturated carbocycles. The van der Waals surface area contributed by atoms with E-state index in [-0.39, 0.29) is 0 Å². The van der Waals surface area contributed by atoms with E-state index in [2.05, 4.69) is 31.8 Å². The van der Waals surface area contributed by atoms with Gasteiger partial charge in [-0.25, -0.2) is 0 Å². The summed E-state index contributed by atoms with van der Waals surface area (Å²) in [5, 5.41) is 11.6. The number of benzene rings is 1. The number of fused-ring (bicyclic) bond motifs is 1. The van der Waals surface area contributed by atoms with E-state index in [1.807, 2.05) is 19.2 Å². The van der Waals surface area contributed by atoms with Gasteiger partial charge in [-0.1, -0.05) is 41.6 Å². The Balaban J connectivity index is 1.51. The molecule has 3 heterocycles. The molecule has 0 amide bonds. The zero-order valence-corrected chi connectivity index (χ0v) is 15.6. The minimum atomic E-state index is 0.743. The molecule has 0 unspecified atom stereocenters. The molecule has 0 atom stereocenters. The summed E-state index contributed by atoms with van der Waals surface area (Å²) >= 11 is 9.94. The van der Waals surface area contributed by atoms with Gasteiger partial charge in [0.1, 0.15) is 0 Å². The topological polar surface area (TPSA) is 43.2 Å². The lowest BCUT2D eigenvalue weighted by Gasteiger charge is -2.27. The molecule has 24 heavy (non-hydrogen) atoms. The summed E-state index contributed by atoms with van der Waals surface area (Å²) in [6, 6.07) is 8.25. The van der Waals surface area contributed by atoms with E-state index in [9.17, 15) is 0 Å². The normalized spacial score (nSPS) is 15.3. The second kappa shape index (κ2) is 6.92. The highest BCUT2D eigenvalue weighted by Gasteiger charge is 2.19. The number of morpholine rings is 1. The van der Waals surface area contributed by atoms with E-state index in [1.165, 1.54) is 9.58 Å². The Morgan fingerprint density at radius 2 is 2.04 bits per heavy atom. The van der Waals surface area contributed by atoms with E-state index in [1.54, 1.807) is 23.1 Å². The molecule has 0 spiro atoms. The highest BCUT2D eigenvalue weighted by Crippen LogP contribution is 2.38. The number of thiophene rings is 1. The van der Waals surface area contributed by atoms with E-state index >= 15 is 0 Å². The molecule has 2 aromatic heterocycles. The van der Waals surface area contributed by atoms with Gasteiger partial charge in [-0.15, -0.1) is 21.5 Å². The Morgan fingerprint density at radius 1 is 1.25 bits per heavy atom. The molecule has 3 aromatic rings. The summed E-state index contributed by atoms with van der Waals surface area (Å²) in [6.07, 6.45) is 0. The van der Waals surface area contributed by atoms with Crippen molar-refractivity contribution >= 4 is 50.7 Å². The van der Waals surface area contributed by atoms with Crippen LogP contribution in [0.25, 0.3) is 10.1 Å². The predicted molar refractivity (Wildman–Crippen MR) is 100 cm³/mol. The minimum Gasteiger partial charge on any atom is -0.378 e. The lowest BCUT2D eigenvalue weighted by molar-refractivity contribution is 0.121. The molecule has 1 aliphatic heterocycles. The molecule has 1 fully saturated rings. The molecule has 5 nitrogen and oxygen atoms in total. The Labute approximate surface area is 153 Å². The van der Waals surface area contributed by atoms with Gasteiger partial charge >= 0.3 is 0 Å². The zero-order chi connectivity index (χ0) is 16.5. The summed E-state index contributed by atoms with van der Waals surface area (Å²) in [6.45, 7) is 3.21. The van der Waals surface area contributed by atoms with Crippen molar-refractivity contribution in [2.24, 2.45) is 7.05 Å². The van der Waals surface area contributed by atoms with Crippen LogP contribution in [0.15, 0.2) is 29.4 Å². The molecule has 8 heteroatoms. The Morgan fingerprint density at radius 3 is 2.83 bits per heavy atom. The van der Waals surface area contributed by atoms with Crippen molar-refractivity contribution in [1.82, 2.24) is 14.8 Å². The van der Waals surface area contributed by atoms with Crippen molar-refractivity contribution in [2.75, 3.05) is 31.2 Å². The van der Waals surface area contributed by atoms with E-state index in [0.29, 0.717) is 0 Å². The van der Waals surface area contributed by atoms with Gasteiger partial charge in [0, 0.05) is 40.9 Å². The van der Waals surface area contributed by atoms with Crippen LogP contribution in [0.4, 0.5) is 5.95 Å². The van der Waals surface area contributed by atoms with Gasteiger partial charge in [-0.3, -0.25) is 4.57 Å². The van der Waals surface area contributed by atoms with Crippen LogP contribution in [0.1, 0.15) is 4.88 Å². The average molecular weight is 381 g/mol. The predicted octanol–water partition coefficient (Wildman–Crippen LogP) is 3.81. The number of hydrogen-bond acceptors (Lipinski definition) is 6.